The Labute approximate surface area is 175 Å². The number of benzene rings is 1. The van der Waals surface area contributed by atoms with E-state index in [1.165, 1.54) is 5.56 Å². The zero-order valence-electron chi connectivity index (χ0n) is 17.6. The molecule has 1 aromatic carbocycles. The normalized spacial score (nSPS) is 20.5. The van der Waals surface area contributed by atoms with E-state index in [2.05, 4.69) is 19.2 Å². The second-order valence-corrected chi connectivity index (χ2v) is 10.2. The Hall–Kier alpha value is -1.48. The van der Waals surface area contributed by atoms with Crippen LogP contribution in [-0.2, 0) is 15.0 Å². The highest BCUT2D eigenvalue weighted by Crippen LogP contribution is 2.19. The Morgan fingerprint density at radius 1 is 0.897 bits per heavy atom. The van der Waals surface area contributed by atoms with Crippen molar-refractivity contribution in [3.05, 3.63) is 29.8 Å². The molecule has 2 saturated heterocycles. The van der Waals surface area contributed by atoms with Crippen LogP contribution in [0.3, 0.4) is 0 Å². The van der Waals surface area contributed by atoms with Gasteiger partial charge in [0.25, 0.3) is 10.2 Å². The van der Waals surface area contributed by atoms with E-state index >= 15 is 0 Å². The highest BCUT2D eigenvalue weighted by Gasteiger charge is 2.32. The van der Waals surface area contributed by atoms with Crippen LogP contribution >= 0.6 is 0 Å². The van der Waals surface area contributed by atoms with Gasteiger partial charge >= 0.3 is 0 Å². The van der Waals surface area contributed by atoms with E-state index in [0.29, 0.717) is 45.2 Å². The van der Waals surface area contributed by atoms with Gasteiger partial charge in [0.2, 0.25) is 5.91 Å². The van der Waals surface area contributed by atoms with E-state index in [0.717, 1.165) is 31.4 Å². The molecule has 1 aromatic rings. The molecule has 0 saturated carbocycles. The number of hydrogen-bond donors (Lipinski definition) is 1. The van der Waals surface area contributed by atoms with E-state index in [9.17, 15) is 13.2 Å². The van der Waals surface area contributed by atoms with Crippen molar-refractivity contribution in [3.8, 4) is 0 Å². The monoisotopic (exact) mass is 422 g/mol. The van der Waals surface area contributed by atoms with Crippen LogP contribution in [0, 0.1) is 0 Å². The van der Waals surface area contributed by atoms with E-state index in [-0.39, 0.29) is 12.5 Å². The van der Waals surface area contributed by atoms with Crippen molar-refractivity contribution in [2.45, 2.75) is 45.4 Å². The lowest BCUT2D eigenvalue weighted by atomic mass is 10.0. The molecule has 2 aliphatic heterocycles. The predicted molar refractivity (Wildman–Crippen MR) is 116 cm³/mol. The third-order valence-corrected chi connectivity index (χ3v) is 7.81. The molecule has 2 fully saturated rings. The molecule has 8 heteroatoms. The van der Waals surface area contributed by atoms with Gasteiger partial charge in [0.05, 0.1) is 6.54 Å². The molecule has 162 valence electrons. The zero-order valence-corrected chi connectivity index (χ0v) is 18.5. The minimum Gasteiger partial charge on any atom is -0.325 e. The van der Waals surface area contributed by atoms with Gasteiger partial charge < -0.3 is 5.32 Å². The summed E-state index contributed by atoms with van der Waals surface area (Å²) < 4.78 is 29.0. The van der Waals surface area contributed by atoms with Crippen molar-refractivity contribution in [3.63, 3.8) is 0 Å². The maximum atomic E-state index is 12.9. The third kappa shape index (κ3) is 6.01. The molecule has 0 spiro atoms. The summed E-state index contributed by atoms with van der Waals surface area (Å²) in [4.78, 5) is 14.4. The third-order valence-electron chi connectivity index (χ3n) is 5.78. The first kappa shape index (κ1) is 22.2. The summed E-state index contributed by atoms with van der Waals surface area (Å²) in [6.07, 6.45) is 4.10. The van der Waals surface area contributed by atoms with Gasteiger partial charge in [0.1, 0.15) is 0 Å². The molecule has 29 heavy (non-hydrogen) atoms. The first-order valence-corrected chi connectivity index (χ1v) is 12.1. The molecular weight excluding hydrogens is 388 g/mol. The first-order valence-electron chi connectivity index (χ1n) is 10.7. The lowest BCUT2D eigenvalue weighted by Crippen LogP contribution is -2.54. The fraction of sp³-hybridized carbons (Fsp3) is 0.667. The average Bonchev–Trinajstić information content (AvgIpc) is 2.99. The van der Waals surface area contributed by atoms with Gasteiger partial charge in [0.15, 0.2) is 0 Å². The van der Waals surface area contributed by atoms with E-state index in [4.69, 9.17) is 0 Å². The standard InChI is InChI=1S/C21H34N4O3S/c1-18(2)19-7-9-20(10-8-19)22-21(26)17-23-13-15-25(16-14-23)29(27,28)24-11-5-3-4-6-12-24/h7-10,18H,3-6,11-17H2,1-2H3,(H,22,26). The van der Waals surface area contributed by atoms with Gasteiger partial charge in [-0.15, -0.1) is 0 Å². The van der Waals surface area contributed by atoms with Gasteiger partial charge in [-0.3, -0.25) is 9.69 Å². The summed E-state index contributed by atoms with van der Waals surface area (Å²) in [6.45, 7) is 7.84. The van der Waals surface area contributed by atoms with E-state index in [1.807, 2.05) is 29.2 Å². The first-order chi connectivity index (χ1) is 13.9. The van der Waals surface area contributed by atoms with Crippen molar-refractivity contribution >= 4 is 21.8 Å². The van der Waals surface area contributed by atoms with E-state index < -0.39 is 10.2 Å². The molecule has 0 atom stereocenters. The lowest BCUT2D eigenvalue weighted by molar-refractivity contribution is -0.117. The molecule has 0 aliphatic carbocycles. The maximum Gasteiger partial charge on any atom is 0.282 e. The minimum atomic E-state index is -3.38. The molecule has 1 amide bonds. The summed E-state index contributed by atoms with van der Waals surface area (Å²) >= 11 is 0. The Morgan fingerprint density at radius 3 is 2.00 bits per heavy atom. The molecule has 7 nitrogen and oxygen atoms in total. The van der Waals surface area contributed by atoms with Crippen LogP contribution in [0.15, 0.2) is 24.3 Å². The highest BCUT2D eigenvalue weighted by atomic mass is 32.2. The number of amides is 1. The number of nitrogens with zero attached hydrogens (tertiary/aromatic N) is 3. The average molecular weight is 423 g/mol. The smallest absolute Gasteiger partial charge is 0.282 e. The largest absolute Gasteiger partial charge is 0.325 e. The summed E-state index contributed by atoms with van der Waals surface area (Å²) in [7, 11) is -3.38. The van der Waals surface area contributed by atoms with Crippen molar-refractivity contribution in [1.29, 1.82) is 0 Å². The SMILES string of the molecule is CC(C)c1ccc(NC(=O)CN2CCN(S(=O)(=O)N3CCCCCC3)CC2)cc1. The Kier molecular flexibility index (Phi) is 7.67. The van der Waals surface area contributed by atoms with Crippen LogP contribution < -0.4 is 5.32 Å². The topological polar surface area (TPSA) is 73.0 Å². The second-order valence-electron chi connectivity index (χ2n) is 8.32. The number of piperazine rings is 1. The molecule has 0 unspecified atom stereocenters. The number of hydrogen-bond acceptors (Lipinski definition) is 4. The molecule has 2 heterocycles. The molecule has 2 aliphatic rings. The maximum absolute atomic E-state index is 12.9. The summed E-state index contributed by atoms with van der Waals surface area (Å²) in [5.41, 5.74) is 2.03. The van der Waals surface area contributed by atoms with Gasteiger partial charge in [-0.05, 0) is 36.5 Å². The Balaban J connectivity index is 1.47. The Morgan fingerprint density at radius 2 is 1.45 bits per heavy atom. The van der Waals surface area contributed by atoms with Gasteiger partial charge in [-0.25, -0.2) is 0 Å². The highest BCUT2D eigenvalue weighted by molar-refractivity contribution is 7.86. The number of anilines is 1. The van der Waals surface area contributed by atoms with Gasteiger partial charge in [-0.2, -0.15) is 17.0 Å². The fourth-order valence-corrected chi connectivity index (χ4v) is 5.58. The number of rotatable bonds is 6. The Bertz CT molecular complexity index is 764. The van der Waals surface area contributed by atoms with E-state index in [1.54, 1.807) is 8.61 Å². The van der Waals surface area contributed by atoms with Crippen molar-refractivity contribution in [2.24, 2.45) is 0 Å². The van der Waals surface area contributed by atoms with Gasteiger partial charge in [-0.1, -0.05) is 38.8 Å². The van der Waals surface area contributed by atoms with Crippen LogP contribution in [0.25, 0.3) is 0 Å². The summed E-state index contributed by atoms with van der Waals surface area (Å²) in [6, 6.07) is 7.93. The molecule has 0 bridgehead atoms. The van der Waals surface area contributed by atoms with Crippen LogP contribution in [-0.4, -0.2) is 73.6 Å². The summed E-state index contributed by atoms with van der Waals surface area (Å²) in [5, 5.41) is 2.93. The van der Waals surface area contributed by atoms with Crippen molar-refractivity contribution in [2.75, 3.05) is 51.1 Å². The van der Waals surface area contributed by atoms with Crippen LogP contribution in [0.1, 0.15) is 51.0 Å². The lowest BCUT2D eigenvalue weighted by Gasteiger charge is -2.36. The van der Waals surface area contributed by atoms with Crippen molar-refractivity contribution < 1.29 is 13.2 Å². The second kappa shape index (κ2) is 10.0. The van der Waals surface area contributed by atoms with Gasteiger partial charge in [0, 0.05) is 45.0 Å². The number of carbonyl (C=O) groups is 1. The van der Waals surface area contributed by atoms with Crippen LogP contribution in [0.4, 0.5) is 5.69 Å². The summed E-state index contributed by atoms with van der Waals surface area (Å²) in [5.74, 6) is 0.396. The fourth-order valence-electron chi connectivity index (χ4n) is 3.91. The molecule has 1 N–H and O–H groups in total. The molecule has 0 radical (unpaired) electrons. The predicted octanol–water partition coefficient (Wildman–Crippen LogP) is 2.49. The quantitative estimate of drug-likeness (QED) is 0.764. The van der Waals surface area contributed by atoms with Crippen molar-refractivity contribution in [1.82, 2.24) is 13.5 Å². The van der Waals surface area contributed by atoms with Crippen LogP contribution in [0.5, 0.6) is 0 Å². The molecule has 3 rings (SSSR count). The minimum absolute atomic E-state index is 0.0638. The zero-order chi connectivity index (χ0) is 20.9. The number of nitrogens with one attached hydrogen (secondary N) is 1. The van der Waals surface area contributed by atoms with Crippen LogP contribution in [0.2, 0.25) is 0 Å². The molecule has 0 aromatic heterocycles. The molecular formula is C21H34N4O3S. The number of carbonyl (C=O) groups excluding carboxylic acids is 1.